The Kier molecular flexibility index (Phi) is 8.73. The van der Waals surface area contributed by atoms with Gasteiger partial charge in [0.25, 0.3) is 0 Å². The molecule has 3 nitrogen and oxygen atoms in total. The van der Waals surface area contributed by atoms with E-state index in [0.717, 1.165) is 17.9 Å². The minimum atomic E-state index is -0.824. The van der Waals surface area contributed by atoms with E-state index in [4.69, 9.17) is 9.84 Å². The number of hydrogen-bond acceptors (Lipinski definition) is 2. The van der Waals surface area contributed by atoms with Crippen molar-refractivity contribution in [2.75, 3.05) is 6.61 Å². The number of carboxylic acid groups (broad SMARTS) is 1. The Bertz CT molecular complexity index is 661. The summed E-state index contributed by atoms with van der Waals surface area (Å²) in [6.07, 6.45) is 11.1. The number of aliphatic carboxylic acids is 1. The van der Waals surface area contributed by atoms with Gasteiger partial charge in [0.1, 0.15) is 5.75 Å². The summed E-state index contributed by atoms with van der Waals surface area (Å²) in [5.74, 6) is 6.28. The average molecular weight is 378 g/mol. The fourth-order valence-corrected chi connectivity index (χ4v) is 4.69. The molecule has 1 atom stereocenters. The molecule has 2 fully saturated rings. The van der Waals surface area contributed by atoms with Gasteiger partial charge in [-0.05, 0) is 74.5 Å². The Hall–Kier alpha value is -0.950. The zero-order chi connectivity index (χ0) is 18.4. The van der Waals surface area contributed by atoms with Gasteiger partial charge in [-0.3, -0.25) is 4.79 Å². The van der Waals surface area contributed by atoms with Crippen LogP contribution in [-0.2, 0) is 4.79 Å². The molecule has 1 spiro atoms. The minimum Gasteiger partial charge on any atom is -1.00 e. The first-order valence-corrected chi connectivity index (χ1v) is 9.97. The maximum absolute atomic E-state index is 11.0. The normalized spacial score (nSPS) is 19.6. The maximum Gasteiger partial charge on any atom is 1.00 e. The van der Waals surface area contributed by atoms with Gasteiger partial charge in [0, 0.05) is 0 Å². The van der Waals surface area contributed by atoms with E-state index >= 15 is 0 Å². The van der Waals surface area contributed by atoms with Crippen molar-refractivity contribution in [1.82, 2.24) is 0 Å². The van der Waals surface area contributed by atoms with E-state index in [-0.39, 0.29) is 43.3 Å². The van der Waals surface area contributed by atoms with Crippen LogP contribution in [0.2, 0.25) is 0 Å². The Morgan fingerprint density at radius 1 is 1.22 bits per heavy atom. The first-order chi connectivity index (χ1) is 12.6. The fourth-order valence-electron chi connectivity index (χ4n) is 4.69. The molecule has 1 aromatic rings. The molecule has 0 amide bonds. The third-order valence-electron chi connectivity index (χ3n) is 6.30. The molecule has 0 heterocycles. The predicted octanol–water partition coefficient (Wildman–Crippen LogP) is 2.51. The molecule has 142 valence electrons. The van der Waals surface area contributed by atoms with E-state index in [0.29, 0.717) is 11.3 Å². The summed E-state index contributed by atoms with van der Waals surface area (Å²) in [7, 11) is 0. The van der Waals surface area contributed by atoms with Gasteiger partial charge in [-0.15, -0.1) is 5.92 Å². The molecule has 2 saturated carbocycles. The second-order valence-corrected chi connectivity index (χ2v) is 8.08. The van der Waals surface area contributed by atoms with Crippen molar-refractivity contribution < 1.29 is 45.6 Å². The van der Waals surface area contributed by atoms with Crippen LogP contribution in [0.15, 0.2) is 24.3 Å². The molecule has 0 saturated heterocycles. The van der Waals surface area contributed by atoms with E-state index < -0.39 is 5.97 Å². The second kappa shape index (κ2) is 10.6. The summed E-state index contributed by atoms with van der Waals surface area (Å²) >= 11 is 0. The Morgan fingerprint density at radius 3 is 2.41 bits per heavy atom. The van der Waals surface area contributed by atoms with Gasteiger partial charge in [0.15, 0.2) is 0 Å². The van der Waals surface area contributed by atoms with Gasteiger partial charge in [0.05, 0.1) is 18.9 Å². The molecule has 1 N–H and O–H groups in total. The minimum absolute atomic E-state index is 0. The monoisotopic (exact) mass is 378 g/mol. The standard InChI is InChI=1S/C23H30O3.Na.H/c1-2-5-20(16-22(24)25)19-6-8-21(9-7-19)26-17-18-10-14-23(15-11-18)12-3-4-13-23;;/h6-9,18,20H,3-4,10-17H2,1H3,(H,24,25);;/q;+1;-1. The van der Waals surface area contributed by atoms with Gasteiger partial charge in [-0.25, -0.2) is 0 Å². The van der Waals surface area contributed by atoms with Crippen molar-refractivity contribution in [1.29, 1.82) is 0 Å². The van der Waals surface area contributed by atoms with E-state index in [9.17, 15) is 4.79 Å². The topological polar surface area (TPSA) is 46.5 Å². The zero-order valence-electron chi connectivity index (χ0n) is 17.8. The van der Waals surface area contributed by atoms with E-state index in [2.05, 4.69) is 11.8 Å². The first-order valence-electron chi connectivity index (χ1n) is 9.97. The number of carboxylic acids is 1. The summed E-state index contributed by atoms with van der Waals surface area (Å²) in [6.45, 7) is 2.54. The van der Waals surface area contributed by atoms with Gasteiger partial charge in [-0.1, -0.05) is 30.9 Å². The van der Waals surface area contributed by atoms with E-state index in [1.54, 1.807) is 6.92 Å². The van der Waals surface area contributed by atoms with Crippen LogP contribution in [0.1, 0.15) is 77.6 Å². The maximum atomic E-state index is 11.0. The number of benzene rings is 1. The van der Waals surface area contributed by atoms with Crippen molar-refractivity contribution in [2.45, 2.75) is 70.6 Å². The summed E-state index contributed by atoms with van der Waals surface area (Å²) in [5, 5.41) is 9.04. The largest absolute Gasteiger partial charge is 1.00 e. The average Bonchev–Trinajstić information content (AvgIpc) is 3.09. The second-order valence-electron chi connectivity index (χ2n) is 8.08. The van der Waals surface area contributed by atoms with Crippen LogP contribution in [0.3, 0.4) is 0 Å². The van der Waals surface area contributed by atoms with Crippen molar-refractivity contribution >= 4 is 5.97 Å². The molecule has 3 rings (SSSR count). The van der Waals surface area contributed by atoms with Crippen LogP contribution in [0.25, 0.3) is 0 Å². The molecule has 0 aliphatic heterocycles. The molecule has 1 aromatic carbocycles. The summed E-state index contributed by atoms with van der Waals surface area (Å²) in [5.41, 5.74) is 1.62. The van der Waals surface area contributed by atoms with E-state index in [1.165, 1.54) is 51.4 Å². The number of hydrogen-bond donors (Lipinski definition) is 1. The fraction of sp³-hybridized carbons (Fsp3) is 0.609. The molecule has 2 aliphatic carbocycles. The third-order valence-corrected chi connectivity index (χ3v) is 6.30. The zero-order valence-corrected chi connectivity index (χ0v) is 18.8. The quantitative estimate of drug-likeness (QED) is 0.611. The summed E-state index contributed by atoms with van der Waals surface area (Å²) < 4.78 is 6.02. The van der Waals surface area contributed by atoms with Crippen molar-refractivity contribution in [3.8, 4) is 17.6 Å². The van der Waals surface area contributed by atoms with Crippen molar-refractivity contribution in [2.24, 2.45) is 11.3 Å². The van der Waals surface area contributed by atoms with Gasteiger partial charge in [-0.2, -0.15) is 0 Å². The molecule has 2 aliphatic rings. The molecule has 0 radical (unpaired) electrons. The smallest absolute Gasteiger partial charge is 1.00 e. The Labute approximate surface area is 187 Å². The molecular weight excluding hydrogens is 347 g/mol. The molecule has 0 aromatic heterocycles. The molecule has 1 unspecified atom stereocenters. The van der Waals surface area contributed by atoms with Crippen LogP contribution < -0.4 is 34.3 Å². The van der Waals surface area contributed by atoms with E-state index in [1.807, 2.05) is 24.3 Å². The molecule has 0 bridgehead atoms. The van der Waals surface area contributed by atoms with Crippen molar-refractivity contribution in [3.05, 3.63) is 29.8 Å². The third kappa shape index (κ3) is 6.28. The van der Waals surface area contributed by atoms with Crippen LogP contribution in [0.4, 0.5) is 0 Å². The molecular formula is C23H31NaO3. The first kappa shape index (κ1) is 22.3. The van der Waals surface area contributed by atoms with Crippen molar-refractivity contribution in [3.63, 3.8) is 0 Å². The summed E-state index contributed by atoms with van der Waals surface area (Å²) in [6, 6.07) is 7.79. The summed E-state index contributed by atoms with van der Waals surface area (Å²) in [4.78, 5) is 11.0. The Morgan fingerprint density at radius 2 is 1.85 bits per heavy atom. The molecule has 27 heavy (non-hydrogen) atoms. The Balaban J connectivity index is 0.00000196. The van der Waals surface area contributed by atoms with Gasteiger partial charge >= 0.3 is 35.5 Å². The number of ether oxygens (including phenoxy) is 1. The van der Waals surface area contributed by atoms with Crippen LogP contribution >= 0.6 is 0 Å². The number of rotatable bonds is 6. The van der Waals surface area contributed by atoms with Crippen LogP contribution in [0.5, 0.6) is 5.75 Å². The molecule has 4 heteroatoms. The SMILES string of the molecule is CC#CC(CC(=O)O)c1ccc(OCC2CCC3(CCCC3)CC2)cc1.[H-].[Na+]. The van der Waals surface area contributed by atoms with Gasteiger partial charge < -0.3 is 11.3 Å². The number of carbonyl (C=O) groups is 1. The van der Waals surface area contributed by atoms with Crippen LogP contribution in [0, 0.1) is 23.2 Å². The van der Waals surface area contributed by atoms with Crippen LogP contribution in [-0.4, -0.2) is 17.7 Å². The van der Waals surface area contributed by atoms with Gasteiger partial charge in [0.2, 0.25) is 0 Å². The predicted molar refractivity (Wildman–Crippen MR) is 104 cm³/mol.